The summed E-state index contributed by atoms with van der Waals surface area (Å²) in [5.41, 5.74) is 1.37. The Morgan fingerprint density at radius 2 is 1.82 bits per heavy atom. The van der Waals surface area contributed by atoms with Crippen molar-refractivity contribution in [1.82, 2.24) is 9.62 Å². The van der Waals surface area contributed by atoms with Crippen molar-refractivity contribution in [2.45, 2.75) is 18.4 Å². The van der Waals surface area contributed by atoms with Crippen LogP contribution in [0.1, 0.15) is 12.7 Å². The predicted molar refractivity (Wildman–Crippen MR) is 128 cm³/mol. The smallest absolute Gasteiger partial charge is 0.246 e. The van der Waals surface area contributed by atoms with Gasteiger partial charge in [-0.25, -0.2) is 12.7 Å². The summed E-state index contributed by atoms with van der Waals surface area (Å²) in [6.45, 7) is 2.29. The van der Waals surface area contributed by atoms with E-state index in [1.165, 1.54) is 20.2 Å². The van der Waals surface area contributed by atoms with Crippen LogP contribution >= 0.6 is 11.6 Å². The van der Waals surface area contributed by atoms with E-state index in [0.717, 1.165) is 9.87 Å². The molecular weight excluding hydrogens is 466 g/mol. The van der Waals surface area contributed by atoms with E-state index < -0.39 is 10.0 Å². The Hall–Kier alpha value is -3.01. The Morgan fingerprint density at radius 1 is 1.09 bits per heavy atom. The van der Waals surface area contributed by atoms with Gasteiger partial charge in [-0.15, -0.1) is 0 Å². The molecule has 10 heteroatoms. The van der Waals surface area contributed by atoms with Gasteiger partial charge in [0.05, 0.1) is 19.7 Å². The van der Waals surface area contributed by atoms with E-state index in [-0.39, 0.29) is 29.6 Å². The molecule has 0 aliphatic rings. The van der Waals surface area contributed by atoms with Gasteiger partial charge in [-0.2, -0.15) is 0 Å². The van der Waals surface area contributed by atoms with E-state index in [2.05, 4.69) is 10.6 Å². The summed E-state index contributed by atoms with van der Waals surface area (Å²) >= 11 is 5.91. The number of nitrogens with one attached hydrogen (secondary N) is 2. The van der Waals surface area contributed by atoms with Crippen LogP contribution in [0.15, 0.2) is 63.9 Å². The van der Waals surface area contributed by atoms with Gasteiger partial charge >= 0.3 is 0 Å². The van der Waals surface area contributed by atoms with Crippen LogP contribution in [-0.2, 0) is 21.4 Å². The Labute approximate surface area is 198 Å². The molecule has 0 bridgehead atoms. The fourth-order valence-corrected chi connectivity index (χ4v) is 4.14. The van der Waals surface area contributed by atoms with Crippen molar-refractivity contribution in [2.24, 2.45) is 0 Å². The lowest BCUT2D eigenvalue weighted by atomic mass is 10.2. The Morgan fingerprint density at radius 3 is 2.48 bits per heavy atom. The lowest BCUT2D eigenvalue weighted by Gasteiger charge is -2.17. The highest BCUT2D eigenvalue weighted by Gasteiger charge is 2.23. The van der Waals surface area contributed by atoms with Crippen molar-refractivity contribution in [3.05, 3.63) is 65.4 Å². The number of carbonyl (C=O) groups is 1. The molecule has 33 heavy (non-hydrogen) atoms. The Kier molecular flexibility index (Phi) is 8.01. The maximum Gasteiger partial charge on any atom is 0.246 e. The first-order valence-electron chi connectivity index (χ1n) is 10.3. The van der Waals surface area contributed by atoms with E-state index in [1.54, 1.807) is 37.3 Å². The highest BCUT2D eigenvalue weighted by molar-refractivity contribution is 7.89. The van der Waals surface area contributed by atoms with E-state index in [9.17, 15) is 13.2 Å². The summed E-state index contributed by atoms with van der Waals surface area (Å²) in [7, 11) is -0.812. The average molecular weight is 492 g/mol. The molecule has 0 aliphatic heterocycles. The van der Waals surface area contributed by atoms with Crippen LogP contribution in [0.25, 0.3) is 11.3 Å². The third kappa shape index (κ3) is 6.28. The van der Waals surface area contributed by atoms with E-state index in [4.69, 9.17) is 20.8 Å². The van der Waals surface area contributed by atoms with Crippen molar-refractivity contribution in [3.63, 3.8) is 0 Å². The predicted octanol–water partition coefficient (Wildman–Crippen LogP) is 3.98. The number of nitrogens with zero attached hydrogens (tertiary/aromatic N) is 1. The summed E-state index contributed by atoms with van der Waals surface area (Å²) in [5, 5.41) is 6.36. The second-order valence-corrected chi connectivity index (χ2v) is 9.84. The van der Waals surface area contributed by atoms with Gasteiger partial charge in [0.15, 0.2) is 0 Å². The second-order valence-electron chi connectivity index (χ2n) is 7.29. The fourth-order valence-electron chi connectivity index (χ4n) is 2.96. The summed E-state index contributed by atoms with van der Waals surface area (Å²) in [6.07, 6.45) is 0. The molecule has 0 aliphatic carbocycles. The lowest BCUT2D eigenvalue weighted by Crippen LogP contribution is -2.29. The van der Waals surface area contributed by atoms with Crippen LogP contribution in [0.2, 0.25) is 5.02 Å². The molecule has 0 saturated carbocycles. The van der Waals surface area contributed by atoms with E-state index in [1.807, 2.05) is 18.2 Å². The third-order valence-electron chi connectivity index (χ3n) is 4.71. The quantitative estimate of drug-likeness (QED) is 0.445. The minimum atomic E-state index is -3.71. The third-order valence-corrected chi connectivity index (χ3v) is 6.79. The number of ether oxygens (including phenoxy) is 1. The zero-order chi connectivity index (χ0) is 24.0. The summed E-state index contributed by atoms with van der Waals surface area (Å²) in [6, 6.07) is 15.6. The summed E-state index contributed by atoms with van der Waals surface area (Å²) in [5.74, 6) is 1.27. The highest BCUT2D eigenvalue weighted by atomic mass is 35.5. The highest BCUT2D eigenvalue weighted by Crippen LogP contribution is 2.29. The molecule has 2 aromatic carbocycles. The molecule has 0 spiro atoms. The van der Waals surface area contributed by atoms with Crippen LogP contribution in [0.5, 0.6) is 5.75 Å². The van der Waals surface area contributed by atoms with Gasteiger partial charge in [0, 0.05) is 30.4 Å². The number of benzene rings is 2. The minimum Gasteiger partial charge on any atom is -0.492 e. The van der Waals surface area contributed by atoms with Crippen molar-refractivity contribution in [3.8, 4) is 17.1 Å². The van der Waals surface area contributed by atoms with Gasteiger partial charge in [0.2, 0.25) is 15.9 Å². The van der Waals surface area contributed by atoms with Crippen LogP contribution in [0.4, 0.5) is 5.69 Å². The van der Waals surface area contributed by atoms with E-state index >= 15 is 0 Å². The monoisotopic (exact) mass is 491 g/mol. The number of halogens is 1. The van der Waals surface area contributed by atoms with Crippen molar-refractivity contribution in [2.75, 3.05) is 32.6 Å². The molecule has 0 atom stereocenters. The largest absolute Gasteiger partial charge is 0.492 e. The van der Waals surface area contributed by atoms with Gasteiger partial charge in [-0.3, -0.25) is 4.79 Å². The first kappa shape index (κ1) is 24.6. The van der Waals surface area contributed by atoms with Crippen molar-refractivity contribution >= 4 is 33.2 Å². The Bertz CT molecular complexity index is 1210. The fraction of sp³-hybridized carbons (Fsp3) is 0.261. The molecular formula is C23H26ClN3O5S. The van der Waals surface area contributed by atoms with Gasteiger partial charge in [0.1, 0.15) is 22.2 Å². The molecule has 2 N–H and O–H groups in total. The number of anilines is 1. The van der Waals surface area contributed by atoms with Crippen LogP contribution < -0.4 is 15.4 Å². The molecule has 1 aromatic heterocycles. The molecule has 1 heterocycles. The number of carbonyl (C=O) groups excluding carboxylic acids is 1. The molecule has 3 aromatic rings. The molecule has 176 valence electrons. The summed E-state index contributed by atoms with van der Waals surface area (Å²) in [4.78, 5) is 12.3. The molecule has 8 nitrogen and oxygen atoms in total. The lowest BCUT2D eigenvalue weighted by molar-refractivity contribution is -0.119. The SMILES string of the molecule is CCOc1ccc(NCC(=O)NCc2ccc(-c3ccc(Cl)cc3)o2)cc1S(=O)(=O)N(C)C. The molecule has 0 saturated heterocycles. The van der Waals surface area contributed by atoms with Crippen LogP contribution in [0, 0.1) is 0 Å². The minimum absolute atomic E-state index is 0.0325. The maximum absolute atomic E-state index is 12.6. The van der Waals surface area contributed by atoms with E-state index in [0.29, 0.717) is 28.8 Å². The van der Waals surface area contributed by atoms with Gasteiger partial charge < -0.3 is 19.8 Å². The standard InChI is InChI=1S/C23H26ClN3O5S/c1-4-31-21-11-9-18(13-22(21)33(29,30)27(2)3)25-15-23(28)26-14-19-10-12-20(32-19)16-5-7-17(24)8-6-16/h5-13,25H,4,14-15H2,1-3H3,(H,26,28). The number of amides is 1. The molecule has 0 unspecified atom stereocenters. The second kappa shape index (κ2) is 10.7. The van der Waals surface area contributed by atoms with Crippen molar-refractivity contribution in [1.29, 1.82) is 0 Å². The number of hydrogen-bond acceptors (Lipinski definition) is 6. The van der Waals surface area contributed by atoms with Gasteiger partial charge in [0.25, 0.3) is 0 Å². The molecule has 1 amide bonds. The van der Waals surface area contributed by atoms with Gasteiger partial charge in [-0.05, 0) is 61.5 Å². The molecule has 0 radical (unpaired) electrons. The van der Waals surface area contributed by atoms with Crippen LogP contribution in [-0.4, -0.2) is 45.9 Å². The first-order chi connectivity index (χ1) is 15.7. The number of hydrogen-bond donors (Lipinski definition) is 2. The number of rotatable bonds is 10. The zero-order valence-electron chi connectivity index (χ0n) is 18.6. The normalized spacial score (nSPS) is 11.4. The summed E-state index contributed by atoms with van der Waals surface area (Å²) < 4.78 is 37.6. The molecule has 3 rings (SSSR count). The number of sulfonamides is 1. The average Bonchev–Trinajstić information content (AvgIpc) is 3.26. The maximum atomic E-state index is 12.6. The van der Waals surface area contributed by atoms with Gasteiger partial charge in [-0.1, -0.05) is 11.6 Å². The number of furan rings is 1. The molecule has 0 fully saturated rings. The first-order valence-corrected chi connectivity index (χ1v) is 12.1. The van der Waals surface area contributed by atoms with Crippen LogP contribution in [0.3, 0.4) is 0 Å². The Balaban J connectivity index is 1.59. The zero-order valence-corrected chi connectivity index (χ0v) is 20.2. The van der Waals surface area contributed by atoms with Crippen molar-refractivity contribution < 1.29 is 22.4 Å². The topological polar surface area (TPSA) is 101 Å².